The summed E-state index contributed by atoms with van der Waals surface area (Å²) >= 11 is 0. The SMILES string of the molecule is CCS(=O)(=O)CCCNCCCN(C)C1CCCCC1. The number of sulfone groups is 1. The molecule has 0 aliphatic heterocycles. The molecule has 0 aromatic rings. The Kier molecular flexibility index (Phi) is 8.73. The molecule has 0 aromatic heterocycles. The Morgan fingerprint density at radius 1 is 1.10 bits per heavy atom. The van der Waals surface area contributed by atoms with Gasteiger partial charge in [0.05, 0.1) is 5.75 Å². The Morgan fingerprint density at radius 3 is 2.40 bits per heavy atom. The van der Waals surface area contributed by atoms with Crippen molar-refractivity contribution < 1.29 is 8.42 Å². The summed E-state index contributed by atoms with van der Waals surface area (Å²) in [6.45, 7) is 4.66. The highest BCUT2D eigenvalue weighted by molar-refractivity contribution is 7.91. The highest BCUT2D eigenvalue weighted by atomic mass is 32.2. The van der Waals surface area contributed by atoms with Gasteiger partial charge in [-0.1, -0.05) is 26.2 Å². The monoisotopic (exact) mass is 304 g/mol. The van der Waals surface area contributed by atoms with Gasteiger partial charge in [-0.25, -0.2) is 8.42 Å². The first kappa shape index (κ1) is 17.9. The van der Waals surface area contributed by atoms with Crippen molar-refractivity contribution in [2.75, 3.05) is 38.2 Å². The van der Waals surface area contributed by atoms with Crippen LogP contribution in [-0.4, -0.2) is 57.5 Å². The lowest BCUT2D eigenvalue weighted by atomic mass is 9.94. The minimum Gasteiger partial charge on any atom is -0.317 e. The standard InChI is InChI=1S/C15H32N2O2S/c1-3-20(18,19)14-8-12-16-11-7-13-17(2)15-9-5-4-6-10-15/h15-16H,3-14H2,1-2H3. The van der Waals surface area contributed by atoms with E-state index in [1.807, 2.05) is 0 Å². The molecule has 0 spiro atoms. The van der Waals surface area contributed by atoms with Gasteiger partial charge in [-0.2, -0.15) is 0 Å². The second-order valence-electron chi connectivity index (χ2n) is 5.97. The van der Waals surface area contributed by atoms with Crippen LogP contribution in [-0.2, 0) is 9.84 Å². The third-order valence-corrected chi connectivity index (χ3v) is 6.10. The molecular weight excluding hydrogens is 272 g/mol. The molecular formula is C15H32N2O2S. The van der Waals surface area contributed by atoms with Crippen LogP contribution in [0.2, 0.25) is 0 Å². The smallest absolute Gasteiger partial charge is 0.150 e. The van der Waals surface area contributed by atoms with Crippen LogP contribution in [0.25, 0.3) is 0 Å². The van der Waals surface area contributed by atoms with E-state index in [-0.39, 0.29) is 5.75 Å². The van der Waals surface area contributed by atoms with Crippen LogP contribution >= 0.6 is 0 Å². The maximum Gasteiger partial charge on any atom is 0.150 e. The zero-order valence-electron chi connectivity index (χ0n) is 13.2. The number of nitrogens with one attached hydrogen (secondary N) is 1. The number of hydrogen-bond acceptors (Lipinski definition) is 4. The first-order valence-electron chi connectivity index (χ1n) is 8.16. The van der Waals surface area contributed by atoms with Crippen molar-refractivity contribution in [2.45, 2.75) is 57.9 Å². The zero-order valence-corrected chi connectivity index (χ0v) is 14.1. The van der Waals surface area contributed by atoms with Crippen LogP contribution in [0.3, 0.4) is 0 Å². The minimum absolute atomic E-state index is 0.263. The molecule has 0 radical (unpaired) electrons. The molecule has 0 heterocycles. The molecule has 4 nitrogen and oxygen atoms in total. The van der Waals surface area contributed by atoms with E-state index in [1.165, 1.54) is 32.1 Å². The predicted octanol–water partition coefficient (Wildman–Crippen LogP) is 2.06. The third kappa shape index (κ3) is 7.60. The fourth-order valence-corrected chi connectivity index (χ4v) is 3.72. The van der Waals surface area contributed by atoms with E-state index >= 15 is 0 Å². The molecule has 1 fully saturated rings. The normalized spacial score (nSPS) is 17.8. The van der Waals surface area contributed by atoms with Gasteiger partial charge in [0.2, 0.25) is 0 Å². The molecule has 1 aliphatic carbocycles. The van der Waals surface area contributed by atoms with Crippen LogP contribution in [0.4, 0.5) is 0 Å². The van der Waals surface area contributed by atoms with Gasteiger partial charge in [0.25, 0.3) is 0 Å². The average molecular weight is 305 g/mol. The molecule has 1 rings (SSSR count). The molecule has 1 aliphatic rings. The second-order valence-corrected chi connectivity index (χ2v) is 8.44. The highest BCUT2D eigenvalue weighted by Gasteiger charge is 2.17. The van der Waals surface area contributed by atoms with Crippen molar-refractivity contribution in [3.63, 3.8) is 0 Å². The summed E-state index contributed by atoms with van der Waals surface area (Å²) in [5.41, 5.74) is 0. The van der Waals surface area contributed by atoms with Gasteiger partial charge < -0.3 is 10.2 Å². The fourth-order valence-electron chi connectivity index (χ4n) is 2.84. The third-order valence-electron chi connectivity index (χ3n) is 4.31. The fraction of sp³-hybridized carbons (Fsp3) is 1.00. The summed E-state index contributed by atoms with van der Waals surface area (Å²) in [5.74, 6) is 0.581. The van der Waals surface area contributed by atoms with E-state index < -0.39 is 9.84 Å². The lowest BCUT2D eigenvalue weighted by molar-refractivity contribution is 0.189. The van der Waals surface area contributed by atoms with E-state index in [0.29, 0.717) is 5.75 Å². The van der Waals surface area contributed by atoms with Crippen LogP contribution in [0.5, 0.6) is 0 Å². The van der Waals surface area contributed by atoms with Crippen molar-refractivity contribution in [2.24, 2.45) is 0 Å². The van der Waals surface area contributed by atoms with Crippen molar-refractivity contribution in [1.82, 2.24) is 10.2 Å². The molecule has 1 N–H and O–H groups in total. The van der Waals surface area contributed by atoms with E-state index in [2.05, 4.69) is 17.3 Å². The minimum atomic E-state index is -2.79. The Morgan fingerprint density at radius 2 is 1.75 bits per heavy atom. The predicted molar refractivity (Wildman–Crippen MR) is 85.9 cm³/mol. The topological polar surface area (TPSA) is 49.4 Å². The maximum atomic E-state index is 11.3. The second kappa shape index (κ2) is 9.74. The zero-order chi connectivity index (χ0) is 14.8. The Bertz CT molecular complexity index is 338. The Balaban J connectivity index is 1.96. The molecule has 0 amide bonds. The first-order valence-corrected chi connectivity index (χ1v) is 9.98. The highest BCUT2D eigenvalue weighted by Crippen LogP contribution is 2.21. The molecule has 0 unspecified atom stereocenters. The molecule has 5 heteroatoms. The van der Waals surface area contributed by atoms with Gasteiger partial charge in [0, 0.05) is 11.8 Å². The lowest BCUT2D eigenvalue weighted by Crippen LogP contribution is -2.35. The number of nitrogens with zero attached hydrogens (tertiary/aromatic N) is 1. The van der Waals surface area contributed by atoms with E-state index in [4.69, 9.17) is 0 Å². The van der Waals surface area contributed by atoms with Gasteiger partial charge in [-0.15, -0.1) is 0 Å². The Labute approximate surface area is 125 Å². The molecule has 1 saturated carbocycles. The van der Waals surface area contributed by atoms with Crippen molar-refractivity contribution in [3.05, 3.63) is 0 Å². The summed E-state index contributed by atoms with van der Waals surface area (Å²) in [6, 6.07) is 0.790. The van der Waals surface area contributed by atoms with Crippen molar-refractivity contribution >= 4 is 9.84 Å². The van der Waals surface area contributed by atoms with Gasteiger partial charge >= 0.3 is 0 Å². The number of hydrogen-bond donors (Lipinski definition) is 1. The quantitative estimate of drug-likeness (QED) is 0.628. The lowest BCUT2D eigenvalue weighted by Gasteiger charge is -2.31. The van der Waals surface area contributed by atoms with Crippen molar-refractivity contribution in [3.8, 4) is 0 Å². The van der Waals surface area contributed by atoms with Gasteiger partial charge in [-0.3, -0.25) is 0 Å². The molecule has 0 bridgehead atoms. The number of rotatable bonds is 10. The summed E-state index contributed by atoms with van der Waals surface area (Å²) < 4.78 is 22.6. The van der Waals surface area contributed by atoms with Crippen molar-refractivity contribution in [1.29, 1.82) is 0 Å². The van der Waals surface area contributed by atoms with Gasteiger partial charge in [0.15, 0.2) is 0 Å². The van der Waals surface area contributed by atoms with Crippen LogP contribution in [0.15, 0.2) is 0 Å². The Hall–Kier alpha value is -0.130. The van der Waals surface area contributed by atoms with E-state index in [1.54, 1.807) is 6.92 Å². The van der Waals surface area contributed by atoms with Crippen LogP contribution in [0, 0.1) is 0 Å². The molecule has 120 valence electrons. The molecule has 20 heavy (non-hydrogen) atoms. The molecule has 0 atom stereocenters. The molecule has 0 aromatic carbocycles. The largest absolute Gasteiger partial charge is 0.317 e. The van der Waals surface area contributed by atoms with E-state index in [9.17, 15) is 8.42 Å². The van der Waals surface area contributed by atoms with Gasteiger partial charge in [-0.05, 0) is 52.4 Å². The van der Waals surface area contributed by atoms with E-state index in [0.717, 1.165) is 38.5 Å². The summed E-state index contributed by atoms with van der Waals surface area (Å²) in [4.78, 5) is 2.50. The summed E-state index contributed by atoms with van der Waals surface area (Å²) in [5, 5.41) is 3.35. The van der Waals surface area contributed by atoms with Gasteiger partial charge in [0.1, 0.15) is 9.84 Å². The summed E-state index contributed by atoms with van der Waals surface area (Å²) in [6.07, 6.45) is 8.78. The van der Waals surface area contributed by atoms with Crippen LogP contribution in [0.1, 0.15) is 51.9 Å². The summed E-state index contributed by atoms with van der Waals surface area (Å²) in [7, 11) is -0.549. The van der Waals surface area contributed by atoms with Crippen LogP contribution < -0.4 is 5.32 Å². The molecule has 0 saturated heterocycles. The first-order chi connectivity index (χ1) is 9.55. The average Bonchev–Trinajstić information content (AvgIpc) is 2.47. The maximum absolute atomic E-state index is 11.3.